The molecule has 0 aliphatic carbocycles. The fraction of sp³-hybridized carbons (Fsp3) is 0.333. The molecule has 0 spiro atoms. The van der Waals surface area contributed by atoms with Crippen molar-refractivity contribution in [3.8, 4) is 5.75 Å². The van der Waals surface area contributed by atoms with E-state index in [9.17, 15) is 9.59 Å². The highest BCUT2D eigenvalue weighted by atomic mass is 32.1. The van der Waals surface area contributed by atoms with E-state index in [2.05, 4.69) is 0 Å². The van der Waals surface area contributed by atoms with Crippen LogP contribution in [0.4, 0.5) is 0 Å². The van der Waals surface area contributed by atoms with Crippen molar-refractivity contribution in [3.05, 3.63) is 27.9 Å². The monoisotopic (exact) mass is 252 g/mol. The number of esters is 1. The second-order valence-electron chi connectivity index (χ2n) is 4.68. The lowest BCUT2D eigenvalue weighted by atomic mass is 9.97. The highest BCUT2D eigenvalue weighted by Gasteiger charge is 2.25. The van der Waals surface area contributed by atoms with Gasteiger partial charge in [0, 0.05) is 0 Å². The fourth-order valence-corrected chi connectivity index (χ4v) is 1.89. The minimum absolute atomic E-state index is 0.292. The molecule has 0 fully saturated rings. The number of fused-ring (bicyclic) bond motifs is 1. The molecule has 0 unspecified atom stereocenters. The van der Waals surface area contributed by atoms with Crippen molar-refractivity contribution in [2.24, 2.45) is 5.41 Å². The van der Waals surface area contributed by atoms with Gasteiger partial charge in [-0.15, -0.1) is 0 Å². The number of benzene rings is 1. The van der Waals surface area contributed by atoms with Gasteiger partial charge in [-0.25, -0.2) is 4.79 Å². The summed E-state index contributed by atoms with van der Waals surface area (Å²) in [5.41, 5.74) is -0.265. The summed E-state index contributed by atoms with van der Waals surface area (Å²) in [5, 5.41) is 0. The largest absolute Gasteiger partial charge is 0.422 e. The molecule has 1 aromatic carbocycles. The Bertz CT molecular complexity index is 615. The third kappa shape index (κ3) is 2.39. The lowest BCUT2D eigenvalue weighted by Gasteiger charge is -2.16. The van der Waals surface area contributed by atoms with Gasteiger partial charge in [0.05, 0.1) is 10.1 Å². The maximum Gasteiger partial charge on any atom is 0.396 e. The van der Waals surface area contributed by atoms with E-state index in [1.54, 1.807) is 39.0 Å². The Morgan fingerprint density at radius 2 is 2.06 bits per heavy atom. The van der Waals surface area contributed by atoms with Crippen LogP contribution in [0.2, 0.25) is 0 Å². The summed E-state index contributed by atoms with van der Waals surface area (Å²) in [5.74, 6) is -0.0698. The number of ether oxygens (including phenoxy) is 1. The van der Waals surface area contributed by atoms with E-state index in [1.165, 1.54) is 0 Å². The molecular formula is C12H12O4S. The molecule has 0 amide bonds. The fourth-order valence-electron chi connectivity index (χ4n) is 1.20. The first-order valence-corrected chi connectivity index (χ1v) is 5.94. The van der Waals surface area contributed by atoms with Crippen LogP contribution in [0.5, 0.6) is 5.75 Å². The first-order valence-electron chi connectivity index (χ1n) is 5.13. The van der Waals surface area contributed by atoms with Gasteiger partial charge >= 0.3 is 10.9 Å². The summed E-state index contributed by atoms with van der Waals surface area (Å²) in [6.07, 6.45) is 0. The van der Waals surface area contributed by atoms with Crippen molar-refractivity contribution in [2.75, 3.05) is 0 Å². The predicted octanol–water partition coefficient (Wildman–Crippen LogP) is 2.81. The highest BCUT2D eigenvalue weighted by molar-refractivity contribution is 7.16. The molecule has 2 aromatic rings. The summed E-state index contributed by atoms with van der Waals surface area (Å²) in [6.45, 7) is 5.29. The number of para-hydroxylation sites is 1. The van der Waals surface area contributed by atoms with Crippen molar-refractivity contribution in [1.82, 2.24) is 0 Å². The Morgan fingerprint density at radius 3 is 2.71 bits per heavy atom. The van der Waals surface area contributed by atoms with Gasteiger partial charge in [-0.3, -0.25) is 4.79 Å². The molecule has 17 heavy (non-hydrogen) atoms. The summed E-state index contributed by atoms with van der Waals surface area (Å²) in [6, 6.07) is 5.08. The molecule has 1 heterocycles. The van der Waals surface area contributed by atoms with Crippen molar-refractivity contribution < 1.29 is 13.9 Å². The van der Waals surface area contributed by atoms with Crippen LogP contribution < -0.4 is 9.68 Å². The molecule has 0 saturated heterocycles. The molecule has 90 valence electrons. The number of hydrogen-bond donors (Lipinski definition) is 0. The number of hydrogen-bond acceptors (Lipinski definition) is 5. The average molecular weight is 252 g/mol. The molecule has 0 saturated carbocycles. The van der Waals surface area contributed by atoms with Crippen molar-refractivity contribution in [2.45, 2.75) is 20.8 Å². The van der Waals surface area contributed by atoms with Gasteiger partial charge in [0.25, 0.3) is 0 Å². The van der Waals surface area contributed by atoms with Crippen LogP contribution in [-0.2, 0) is 4.79 Å². The second-order valence-corrected chi connectivity index (χ2v) is 5.65. The maximum atomic E-state index is 11.7. The lowest BCUT2D eigenvalue weighted by Crippen LogP contribution is -2.25. The summed E-state index contributed by atoms with van der Waals surface area (Å²) in [4.78, 5) is 22.5. The number of carbonyl (C=O) groups is 1. The molecular weight excluding hydrogens is 240 g/mol. The van der Waals surface area contributed by atoms with Gasteiger partial charge in [0.1, 0.15) is 0 Å². The summed E-state index contributed by atoms with van der Waals surface area (Å²) in [7, 11) is 0. The second kappa shape index (κ2) is 4.00. The van der Waals surface area contributed by atoms with E-state index >= 15 is 0 Å². The van der Waals surface area contributed by atoms with Gasteiger partial charge in [-0.05, 0) is 32.9 Å². The van der Waals surface area contributed by atoms with E-state index in [-0.39, 0.29) is 5.97 Å². The zero-order valence-corrected chi connectivity index (χ0v) is 10.6. The van der Waals surface area contributed by atoms with E-state index in [0.29, 0.717) is 16.0 Å². The minimum atomic E-state index is -0.599. The Kier molecular flexibility index (Phi) is 2.79. The van der Waals surface area contributed by atoms with Gasteiger partial charge in [0.15, 0.2) is 11.3 Å². The van der Waals surface area contributed by atoms with Crippen LogP contribution >= 0.6 is 11.3 Å². The van der Waals surface area contributed by atoms with E-state index in [4.69, 9.17) is 9.15 Å². The Balaban J connectivity index is 2.43. The third-order valence-corrected chi connectivity index (χ3v) is 2.93. The first-order chi connectivity index (χ1) is 7.88. The quantitative estimate of drug-likeness (QED) is 0.578. The van der Waals surface area contributed by atoms with Gasteiger partial charge in [0.2, 0.25) is 0 Å². The lowest BCUT2D eigenvalue weighted by molar-refractivity contribution is -0.142. The third-order valence-electron chi connectivity index (χ3n) is 2.14. The zero-order chi connectivity index (χ0) is 12.6. The standard InChI is InChI=1S/C12H12O4S/c1-12(2,3)10(13)15-7-5-4-6-8-9(7)16-11(14)17-8/h4-6H,1-3H3. The van der Waals surface area contributed by atoms with Crippen LogP contribution in [0.15, 0.2) is 27.4 Å². The molecule has 0 aliphatic heterocycles. The van der Waals surface area contributed by atoms with Crippen LogP contribution in [-0.4, -0.2) is 5.97 Å². The number of carbonyl (C=O) groups excluding carboxylic acids is 1. The molecule has 0 radical (unpaired) electrons. The molecule has 0 aliphatic rings. The van der Waals surface area contributed by atoms with Crippen LogP contribution in [0.1, 0.15) is 20.8 Å². The number of rotatable bonds is 1. The molecule has 0 atom stereocenters. The van der Waals surface area contributed by atoms with Crippen LogP contribution in [0, 0.1) is 5.41 Å². The Labute approximate surface area is 102 Å². The minimum Gasteiger partial charge on any atom is -0.422 e. The molecule has 5 heteroatoms. The highest BCUT2D eigenvalue weighted by Crippen LogP contribution is 2.29. The Morgan fingerprint density at radius 1 is 1.35 bits per heavy atom. The van der Waals surface area contributed by atoms with Gasteiger partial charge in [-0.1, -0.05) is 17.4 Å². The van der Waals surface area contributed by atoms with E-state index in [1.807, 2.05) is 0 Å². The Hall–Kier alpha value is -1.62. The van der Waals surface area contributed by atoms with E-state index < -0.39 is 10.4 Å². The van der Waals surface area contributed by atoms with Crippen LogP contribution in [0.3, 0.4) is 0 Å². The summed E-state index contributed by atoms with van der Waals surface area (Å²) < 4.78 is 10.9. The van der Waals surface area contributed by atoms with Gasteiger partial charge in [-0.2, -0.15) is 0 Å². The topological polar surface area (TPSA) is 56.5 Å². The van der Waals surface area contributed by atoms with E-state index in [0.717, 1.165) is 11.3 Å². The van der Waals surface area contributed by atoms with Gasteiger partial charge < -0.3 is 9.15 Å². The predicted molar refractivity (Wildman–Crippen MR) is 65.5 cm³/mol. The molecule has 1 aromatic heterocycles. The zero-order valence-electron chi connectivity index (χ0n) is 9.77. The maximum absolute atomic E-state index is 11.7. The molecule has 0 bridgehead atoms. The smallest absolute Gasteiger partial charge is 0.396 e. The first kappa shape index (κ1) is 11.9. The van der Waals surface area contributed by atoms with Crippen molar-refractivity contribution in [3.63, 3.8) is 0 Å². The molecule has 2 rings (SSSR count). The molecule has 4 nitrogen and oxygen atoms in total. The normalized spacial score (nSPS) is 11.7. The summed E-state index contributed by atoms with van der Waals surface area (Å²) >= 11 is 0.987. The SMILES string of the molecule is CC(C)(C)C(=O)Oc1cccc2sc(=O)oc12. The van der Waals surface area contributed by atoms with Crippen LogP contribution in [0.25, 0.3) is 10.3 Å². The van der Waals surface area contributed by atoms with Crippen molar-refractivity contribution in [1.29, 1.82) is 0 Å². The average Bonchev–Trinajstić information content (AvgIpc) is 2.58. The van der Waals surface area contributed by atoms with Crippen molar-refractivity contribution >= 4 is 27.6 Å². The molecule has 0 N–H and O–H groups in total.